The minimum absolute atomic E-state index is 0.0536. The van der Waals surface area contributed by atoms with Crippen molar-refractivity contribution in [2.75, 3.05) is 0 Å². The molecular formula is C14H13FN2O2. The zero-order chi connectivity index (χ0) is 13.8. The van der Waals surface area contributed by atoms with Gasteiger partial charge >= 0.3 is 0 Å². The van der Waals surface area contributed by atoms with Gasteiger partial charge in [-0.1, -0.05) is 12.1 Å². The molecule has 0 amide bonds. The van der Waals surface area contributed by atoms with E-state index in [0.29, 0.717) is 11.3 Å². The van der Waals surface area contributed by atoms with E-state index in [-0.39, 0.29) is 18.2 Å². The summed E-state index contributed by atoms with van der Waals surface area (Å²) in [4.78, 5) is 0. The lowest BCUT2D eigenvalue weighted by Gasteiger charge is -2.08. The number of amidine groups is 1. The van der Waals surface area contributed by atoms with Crippen LogP contribution in [0, 0.1) is 11.2 Å². The van der Waals surface area contributed by atoms with E-state index >= 15 is 0 Å². The highest BCUT2D eigenvalue weighted by Gasteiger charge is 2.07. The summed E-state index contributed by atoms with van der Waals surface area (Å²) in [6.45, 7) is -0.0536. The Kier molecular flexibility index (Phi) is 3.77. The Bertz CT molecular complexity index is 597. The summed E-state index contributed by atoms with van der Waals surface area (Å²) in [6, 6.07) is 10.8. The summed E-state index contributed by atoms with van der Waals surface area (Å²) in [5, 5.41) is 16.1. The van der Waals surface area contributed by atoms with Crippen LogP contribution in [0.15, 0.2) is 42.5 Å². The number of nitrogen functional groups attached to an aromatic ring is 1. The van der Waals surface area contributed by atoms with Crippen LogP contribution in [0.1, 0.15) is 11.1 Å². The molecule has 0 saturated carbocycles. The first-order chi connectivity index (χ1) is 9.10. The maximum absolute atomic E-state index is 13.7. The number of halogens is 1. The third-order valence-corrected chi connectivity index (χ3v) is 2.58. The molecule has 19 heavy (non-hydrogen) atoms. The highest BCUT2D eigenvalue weighted by molar-refractivity contribution is 5.95. The third-order valence-electron chi connectivity index (χ3n) is 2.58. The van der Waals surface area contributed by atoms with Gasteiger partial charge in [0.2, 0.25) is 0 Å². The highest BCUT2D eigenvalue weighted by Crippen LogP contribution is 2.25. The quantitative estimate of drug-likeness (QED) is 0.583. The molecule has 0 radical (unpaired) electrons. The van der Waals surface area contributed by atoms with Crippen LogP contribution in [0.5, 0.6) is 11.5 Å². The molecule has 0 heterocycles. The fraction of sp³-hybridized carbons (Fsp3) is 0.0714. The van der Waals surface area contributed by atoms with Gasteiger partial charge in [-0.05, 0) is 35.9 Å². The molecule has 0 aliphatic carbocycles. The molecule has 0 aromatic heterocycles. The van der Waals surface area contributed by atoms with Crippen LogP contribution >= 0.6 is 0 Å². The predicted octanol–water partition coefficient (Wildman–Crippen LogP) is 2.39. The zero-order valence-corrected chi connectivity index (χ0v) is 10.1. The van der Waals surface area contributed by atoms with Gasteiger partial charge in [-0.2, -0.15) is 0 Å². The molecule has 2 aromatic carbocycles. The number of nitrogens with two attached hydrogens (primary N) is 1. The second-order valence-corrected chi connectivity index (χ2v) is 3.96. The smallest absolute Gasteiger partial charge is 0.166 e. The highest BCUT2D eigenvalue weighted by atomic mass is 19.1. The first kappa shape index (κ1) is 13.0. The first-order valence-corrected chi connectivity index (χ1v) is 5.62. The largest absolute Gasteiger partial charge is 0.454 e. The van der Waals surface area contributed by atoms with E-state index in [1.165, 1.54) is 12.1 Å². The summed E-state index contributed by atoms with van der Waals surface area (Å²) in [6.07, 6.45) is 0. The molecule has 5 heteroatoms. The van der Waals surface area contributed by atoms with Crippen molar-refractivity contribution >= 4 is 5.84 Å². The molecule has 0 aliphatic heterocycles. The Morgan fingerprint density at radius 3 is 2.42 bits per heavy atom. The number of hydrogen-bond acceptors (Lipinski definition) is 3. The van der Waals surface area contributed by atoms with Crippen molar-refractivity contribution in [2.45, 2.75) is 6.61 Å². The van der Waals surface area contributed by atoms with E-state index in [4.69, 9.17) is 21.0 Å². The average molecular weight is 260 g/mol. The van der Waals surface area contributed by atoms with Gasteiger partial charge in [0.15, 0.2) is 11.6 Å². The van der Waals surface area contributed by atoms with Crippen molar-refractivity contribution in [2.24, 2.45) is 5.73 Å². The SMILES string of the molecule is N=C(N)c1ccc(Oc2ccc(CO)cc2)c(F)c1. The van der Waals surface area contributed by atoms with E-state index in [0.717, 1.165) is 11.6 Å². The number of nitrogens with one attached hydrogen (secondary N) is 1. The summed E-state index contributed by atoms with van der Waals surface area (Å²) < 4.78 is 19.1. The van der Waals surface area contributed by atoms with Crippen molar-refractivity contribution in [1.82, 2.24) is 0 Å². The summed E-state index contributed by atoms with van der Waals surface area (Å²) in [5.74, 6) is -0.259. The number of aliphatic hydroxyl groups is 1. The lowest BCUT2D eigenvalue weighted by Crippen LogP contribution is -2.11. The number of hydrogen-bond donors (Lipinski definition) is 3. The Balaban J connectivity index is 2.20. The van der Waals surface area contributed by atoms with Crippen LogP contribution < -0.4 is 10.5 Å². The van der Waals surface area contributed by atoms with Gasteiger partial charge in [0.05, 0.1) is 6.61 Å². The van der Waals surface area contributed by atoms with Gasteiger partial charge in [0.25, 0.3) is 0 Å². The molecule has 0 aliphatic rings. The van der Waals surface area contributed by atoms with Crippen LogP contribution in [-0.4, -0.2) is 10.9 Å². The lowest BCUT2D eigenvalue weighted by molar-refractivity contribution is 0.281. The summed E-state index contributed by atoms with van der Waals surface area (Å²) in [5.41, 5.74) is 6.33. The van der Waals surface area contributed by atoms with Crippen molar-refractivity contribution < 1.29 is 14.2 Å². The van der Waals surface area contributed by atoms with Gasteiger partial charge in [0.1, 0.15) is 11.6 Å². The minimum Gasteiger partial charge on any atom is -0.454 e. The fourth-order valence-corrected chi connectivity index (χ4v) is 1.54. The lowest BCUT2D eigenvalue weighted by atomic mass is 10.2. The molecule has 2 aromatic rings. The number of ether oxygens (including phenoxy) is 1. The number of rotatable bonds is 4. The van der Waals surface area contributed by atoms with E-state index in [2.05, 4.69) is 0 Å². The first-order valence-electron chi connectivity index (χ1n) is 5.62. The zero-order valence-electron chi connectivity index (χ0n) is 10.1. The second-order valence-electron chi connectivity index (χ2n) is 3.96. The van der Waals surface area contributed by atoms with Gasteiger partial charge in [-0.15, -0.1) is 0 Å². The van der Waals surface area contributed by atoms with Crippen LogP contribution in [0.4, 0.5) is 4.39 Å². The van der Waals surface area contributed by atoms with Crippen molar-refractivity contribution in [1.29, 1.82) is 5.41 Å². The monoisotopic (exact) mass is 260 g/mol. The molecule has 0 saturated heterocycles. The van der Waals surface area contributed by atoms with Gasteiger partial charge in [-0.25, -0.2) is 4.39 Å². The van der Waals surface area contributed by atoms with E-state index in [1.54, 1.807) is 24.3 Å². The van der Waals surface area contributed by atoms with E-state index < -0.39 is 5.82 Å². The van der Waals surface area contributed by atoms with Crippen molar-refractivity contribution in [3.63, 3.8) is 0 Å². The molecule has 0 bridgehead atoms. The van der Waals surface area contributed by atoms with Gasteiger partial charge in [0, 0.05) is 5.56 Å². The standard InChI is InChI=1S/C14H13FN2O2/c15-12-7-10(14(16)17)3-6-13(12)19-11-4-1-9(8-18)2-5-11/h1-7,18H,8H2,(H3,16,17). The van der Waals surface area contributed by atoms with Crippen molar-refractivity contribution in [3.8, 4) is 11.5 Å². The maximum atomic E-state index is 13.7. The normalized spacial score (nSPS) is 10.2. The molecule has 0 unspecified atom stereocenters. The molecule has 2 rings (SSSR count). The minimum atomic E-state index is -0.584. The number of aliphatic hydroxyl groups excluding tert-OH is 1. The second kappa shape index (κ2) is 5.49. The Labute approximate surface area is 109 Å². The molecule has 0 fully saturated rings. The molecular weight excluding hydrogens is 247 g/mol. The molecule has 98 valence electrons. The van der Waals surface area contributed by atoms with Crippen LogP contribution in [-0.2, 0) is 6.61 Å². The van der Waals surface area contributed by atoms with Crippen LogP contribution in [0.25, 0.3) is 0 Å². The Hall–Kier alpha value is -2.40. The third kappa shape index (κ3) is 3.08. The summed E-state index contributed by atoms with van der Waals surface area (Å²) in [7, 11) is 0. The van der Waals surface area contributed by atoms with Gasteiger partial charge < -0.3 is 15.6 Å². The average Bonchev–Trinajstić information content (AvgIpc) is 2.41. The fourth-order valence-electron chi connectivity index (χ4n) is 1.54. The molecule has 0 atom stereocenters. The van der Waals surface area contributed by atoms with E-state index in [1.807, 2.05) is 0 Å². The maximum Gasteiger partial charge on any atom is 0.166 e. The molecule has 0 spiro atoms. The Morgan fingerprint density at radius 1 is 1.21 bits per heavy atom. The van der Waals surface area contributed by atoms with Crippen LogP contribution in [0.3, 0.4) is 0 Å². The van der Waals surface area contributed by atoms with Gasteiger partial charge in [-0.3, -0.25) is 5.41 Å². The summed E-state index contributed by atoms with van der Waals surface area (Å²) >= 11 is 0. The predicted molar refractivity (Wildman–Crippen MR) is 69.9 cm³/mol. The van der Waals surface area contributed by atoms with Crippen molar-refractivity contribution in [3.05, 3.63) is 59.4 Å². The number of benzene rings is 2. The Morgan fingerprint density at radius 2 is 1.89 bits per heavy atom. The molecule has 4 N–H and O–H groups in total. The topological polar surface area (TPSA) is 79.3 Å². The molecule has 4 nitrogen and oxygen atoms in total. The van der Waals surface area contributed by atoms with E-state index in [9.17, 15) is 4.39 Å². The van der Waals surface area contributed by atoms with Crippen LogP contribution in [0.2, 0.25) is 0 Å².